The minimum absolute atomic E-state index is 0.266. The number of amides is 2. The molecule has 0 bridgehead atoms. The van der Waals surface area contributed by atoms with Crippen LogP contribution in [-0.4, -0.2) is 38.4 Å². The van der Waals surface area contributed by atoms with Crippen LogP contribution in [0.25, 0.3) is 0 Å². The molecule has 2 amide bonds. The molecule has 1 saturated heterocycles. The molecule has 7 nitrogen and oxygen atoms in total. The SMILES string of the molecule is Cn1c(C(F)(F)F)nn(C2CCN(C(=O)NCc3ccc(Cl)cc3)CC2)c1=O. The van der Waals surface area contributed by atoms with Gasteiger partial charge in [-0.1, -0.05) is 23.7 Å². The van der Waals surface area contributed by atoms with Gasteiger partial charge in [-0.15, -0.1) is 5.10 Å². The van der Waals surface area contributed by atoms with Crippen molar-refractivity contribution in [2.45, 2.75) is 31.6 Å². The van der Waals surface area contributed by atoms with Crippen molar-refractivity contribution >= 4 is 17.6 Å². The Morgan fingerprint density at radius 3 is 2.39 bits per heavy atom. The van der Waals surface area contributed by atoms with E-state index in [4.69, 9.17) is 11.6 Å². The van der Waals surface area contributed by atoms with Crippen LogP contribution < -0.4 is 11.0 Å². The number of nitrogens with zero attached hydrogens (tertiary/aromatic N) is 4. The Hall–Kier alpha value is -2.49. The van der Waals surface area contributed by atoms with Gasteiger partial charge in [-0.2, -0.15) is 13.2 Å². The number of carbonyl (C=O) groups is 1. The summed E-state index contributed by atoms with van der Waals surface area (Å²) in [5, 5.41) is 6.87. The fraction of sp³-hybridized carbons (Fsp3) is 0.471. The van der Waals surface area contributed by atoms with Gasteiger partial charge >= 0.3 is 17.9 Å². The lowest BCUT2D eigenvalue weighted by molar-refractivity contribution is -0.147. The van der Waals surface area contributed by atoms with Crippen molar-refractivity contribution in [2.24, 2.45) is 7.05 Å². The largest absolute Gasteiger partial charge is 0.451 e. The molecule has 3 rings (SSSR count). The van der Waals surface area contributed by atoms with E-state index in [1.807, 2.05) is 0 Å². The fourth-order valence-electron chi connectivity index (χ4n) is 3.15. The highest BCUT2D eigenvalue weighted by atomic mass is 35.5. The maximum Gasteiger partial charge on any atom is 0.451 e. The summed E-state index contributed by atoms with van der Waals surface area (Å²) in [6, 6.07) is 6.33. The van der Waals surface area contributed by atoms with Crippen LogP contribution in [0, 0.1) is 0 Å². The molecule has 1 aromatic heterocycles. The first-order valence-electron chi connectivity index (χ1n) is 8.67. The topological polar surface area (TPSA) is 72.2 Å². The molecule has 2 aromatic rings. The molecule has 1 aromatic carbocycles. The summed E-state index contributed by atoms with van der Waals surface area (Å²) in [7, 11) is 1.05. The number of aromatic nitrogens is 3. The van der Waals surface area contributed by atoms with Gasteiger partial charge in [-0.3, -0.25) is 4.57 Å². The van der Waals surface area contributed by atoms with Crippen LogP contribution in [0.4, 0.5) is 18.0 Å². The molecule has 0 radical (unpaired) electrons. The highest BCUT2D eigenvalue weighted by molar-refractivity contribution is 6.30. The molecule has 0 aliphatic carbocycles. The van der Waals surface area contributed by atoms with E-state index < -0.39 is 23.7 Å². The molecule has 0 saturated carbocycles. The number of alkyl halides is 3. The number of halogens is 4. The Morgan fingerprint density at radius 2 is 1.86 bits per heavy atom. The molecule has 152 valence electrons. The summed E-state index contributed by atoms with van der Waals surface area (Å²) in [6.07, 6.45) is -3.99. The van der Waals surface area contributed by atoms with Crippen LogP contribution in [0.2, 0.25) is 5.02 Å². The van der Waals surface area contributed by atoms with Gasteiger partial charge in [-0.25, -0.2) is 14.3 Å². The fourth-order valence-corrected chi connectivity index (χ4v) is 3.27. The number of hydrogen-bond donors (Lipinski definition) is 1. The standard InChI is InChI=1S/C17H19ClF3N5O2/c1-24-14(17(19,20)21)23-26(16(24)28)13-6-8-25(9-7-13)15(27)22-10-11-2-4-12(18)5-3-11/h2-5,13H,6-10H2,1H3,(H,22,27). The van der Waals surface area contributed by atoms with Crippen LogP contribution in [0.1, 0.15) is 30.3 Å². The van der Waals surface area contributed by atoms with Gasteiger partial charge in [0.25, 0.3) is 0 Å². The van der Waals surface area contributed by atoms with Crippen LogP contribution in [-0.2, 0) is 19.8 Å². The highest BCUT2D eigenvalue weighted by Gasteiger charge is 2.39. The zero-order valence-electron chi connectivity index (χ0n) is 15.0. The van der Waals surface area contributed by atoms with Crippen LogP contribution >= 0.6 is 11.6 Å². The average Bonchev–Trinajstić information content (AvgIpc) is 2.96. The maximum absolute atomic E-state index is 12.9. The predicted octanol–water partition coefficient (Wildman–Crippen LogP) is 2.80. The Morgan fingerprint density at radius 1 is 1.25 bits per heavy atom. The third-order valence-corrected chi connectivity index (χ3v) is 4.96. The molecular weight excluding hydrogens is 399 g/mol. The van der Waals surface area contributed by atoms with E-state index >= 15 is 0 Å². The van der Waals surface area contributed by atoms with Crippen molar-refractivity contribution in [3.05, 3.63) is 51.2 Å². The van der Waals surface area contributed by atoms with Gasteiger partial charge in [-0.05, 0) is 30.5 Å². The van der Waals surface area contributed by atoms with Gasteiger partial charge in [0, 0.05) is 31.7 Å². The molecule has 1 aliphatic heterocycles. The first-order valence-corrected chi connectivity index (χ1v) is 9.04. The molecule has 0 spiro atoms. The number of piperidine rings is 1. The van der Waals surface area contributed by atoms with E-state index in [1.54, 1.807) is 29.2 Å². The Kier molecular flexibility index (Phi) is 5.69. The monoisotopic (exact) mass is 417 g/mol. The van der Waals surface area contributed by atoms with Gasteiger partial charge in [0.15, 0.2) is 0 Å². The number of hydrogen-bond acceptors (Lipinski definition) is 3. The van der Waals surface area contributed by atoms with Gasteiger partial charge < -0.3 is 10.2 Å². The Bertz CT molecular complexity index is 899. The molecule has 2 heterocycles. The van der Waals surface area contributed by atoms with Crippen LogP contribution in [0.3, 0.4) is 0 Å². The lowest BCUT2D eigenvalue weighted by atomic mass is 10.1. The van der Waals surface area contributed by atoms with E-state index in [0.717, 1.165) is 17.3 Å². The van der Waals surface area contributed by atoms with Gasteiger partial charge in [0.05, 0.1) is 6.04 Å². The summed E-state index contributed by atoms with van der Waals surface area (Å²) in [4.78, 5) is 26.0. The smallest absolute Gasteiger partial charge is 0.334 e. The zero-order chi connectivity index (χ0) is 20.5. The summed E-state index contributed by atoms with van der Waals surface area (Å²) >= 11 is 5.82. The van der Waals surface area contributed by atoms with Gasteiger partial charge in [0.2, 0.25) is 5.82 Å². The number of likely N-dealkylation sites (tertiary alicyclic amines) is 1. The van der Waals surface area contributed by atoms with Crippen LogP contribution in [0.5, 0.6) is 0 Å². The third kappa shape index (κ3) is 4.32. The van der Waals surface area contributed by atoms with E-state index in [9.17, 15) is 22.8 Å². The van der Waals surface area contributed by atoms with Crippen molar-refractivity contribution < 1.29 is 18.0 Å². The number of benzene rings is 1. The van der Waals surface area contributed by atoms with Crippen LogP contribution in [0.15, 0.2) is 29.1 Å². The minimum atomic E-state index is -4.69. The normalized spacial score (nSPS) is 15.7. The second kappa shape index (κ2) is 7.86. The summed E-state index contributed by atoms with van der Waals surface area (Å²) < 4.78 is 40.1. The van der Waals surface area contributed by atoms with E-state index in [-0.39, 0.29) is 6.03 Å². The van der Waals surface area contributed by atoms with E-state index in [1.165, 1.54) is 0 Å². The maximum atomic E-state index is 12.9. The second-order valence-corrected chi connectivity index (χ2v) is 7.05. The predicted molar refractivity (Wildman–Crippen MR) is 96.0 cm³/mol. The quantitative estimate of drug-likeness (QED) is 0.834. The molecular formula is C17H19ClF3N5O2. The van der Waals surface area contributed by atoms with E-state index in [2.05, 4.69) is 10.4 Å². The number of rotatable bonds is 3. The highest BCUT2D eigenvalue weighted by Crippen LogP contribution is 2.28. The molecule has 28 heavy (non-hydrogen) atoms. The molecule has 1 aliphatic rings. The Labute approximate surface area is 163 Å². The Balaban J connectivity index is 1.58. The zero-order valence-corrected chi connectivity index (χ0v) is 15.8. The molecule has 11 heteroatoms. The molecule has 0 atom stereocenters. The van der Waals surface area contributed by atoms with Crippen molar-refractivity contribution in [3.8, 4) is 0 Å². The number of carbonyl (C=O) groups excluding carboxylic acids is 1. The van der Waals surface area contributed by atoms with Gasteiger partial charge in [0.1, 0.15) is 0 Å². The number of urea groups is 1. The number of nitrogens with one attached hydrogen (secondary N) is 1. The van der Waals surface area contributed by atoms with Crippen molar-refractivity contribution in [1.82, 2.24) is 24.6 Å². The first kappa shape index (κ1) is 20.2. The summed E-state index contributed by atoms with van der Waals surface area (Å²) in [5.74, 6) is -1.22. The van der Waals surface area contributed by atoms with Crippen molar-refractivity contribution in [1.29, 1.82) is 0 Å². The average molecular weight is 418 g/mol. The lowest BCUT2D eigenvalue weighted by Crippen LogP contribution is -2.45. The minimum Gasteiger partial charge on any atom is -0.334 e. The molecule has 1 N–H and O–H groups in total. The lowest BCUT2D eigenvalue weighted by Gasteiger charge is -2.31. The molecule has 1 fully saturated rings. The second-order valence-electron chi connectivity index (χ2n) is 6.61. The molecule has 0 unspecified atom stereocenters. The third-order valence-electron chi connectivity index (χ3n) is 4.71. The van der Waals surface area contributed by atoms with Crippen molar-refractivity contribution in [2.75, 3.05) is 13.1 Å². The van der Waals surface area contributed by atoms with E-state index in [0.29, 0.717) is 42.1 Å². The van der Waals surface area contributed by atoms with Crippen molar-refractivity contribution in [3.63, 3.8) is 0 Å². The summed E-state index contributed by atoms with van der Waals surface area (Å²) in [6.45, 7) is 0.980. The summed E-state index contributed by atoms with van der Waals surface area (Å²) in [5.41, 5.74) is 0.0883. The first-order chi connectivity index (χ1) is 13.2.